The molecule has 4 aromatic rings. The van der Waals surface area contributed by atoms with Crippen molar-refractivity contribution >= 4 is 69.6 Å². The second-order valence-electron chi connectivity index (χ2n) is 8.59. The molecule has 37 heavy (non-hydrogen) atoms. The summed E-state index contributed by atoms with van der Waals surface area (Å²) < 4.78 is 6.22. The van der Waals surface area contributed by atoms with E-state index < -0.39 is 29.9 Å². The number of nitrogens with zero attached hydrogens (tertiary/aromatic N) is 2. The molecule has 1 aromatic heterocycles. The lowest BCUT2D eigenvalue weighted by molar-refractivity contribution is -0.126. The number of imide groups is 1. The molecule has 0 N–H and O–H groups in total. The van der Waals surface area contributed by atoms with E-state index in [2.05, 4.69) is 0 Å². The number of fused-ring (bicyclic) bond motifs is 1. The van der Waals surface area contributed by atoms with Crippen LogP contribution in [0, 0.1) is 5.92 Å². The second kappa shape index (κ2) is 9.39. The zero-order chi connectivity index (χ0) is 25.8. The number of rotatable bonds is 4. The Labute approximate surface area is 231 Å². The van der Waals surface area contributed by atoms with E-state index in [0.29, 0.717) is 43.5 Å². The van der Waals surface area contributed by atoms with Crippen molar-refractivity contribution in [2.45, 2.75) is 12.1 Å². The highest BCUT2D eigenvalue weighted by molar-refractivity contribution is 6.42. The highest BCUT2D eigenvalue weighted by Crippen LogP contribution is 2.49. The maximum atomic E-state index is 13.8. The smallest absolute Gasteiger partial charge is 0.266 e. The fraction of sp³-hybridized carbons (Fsp3) is 0.111. The normalized spacial score (nSPS) is 21.1. The Morgan fingerprint density at radius 1 is 0.703 bits per heavy atom. The summed E-state index contributed by atoms with van der Waals surface area (Å²) in [7, 11) is 0. The summed E-state index contributed by atoms with van der Waals surface area (Å²) in [5, 5.41) is 3.07. The molecule has 0 bridgehead atoms. The molecular weight excluding hydrogens is 558 g/mol. The van der Waals surface area contributed by atoms with Gasteiger partial charge in [0, 0.05) is 10.6 Å². The molecule has 3 atom stereocenters. The first-order valence-corrected chi connectivity index (χ1v) is 12.7. The van der Waals surface area contributed by atoms with E-state index in [9.17, 15) is 9.59 Å². The number of benzene rings is 3. The fourth-order valence-corrected chi connectivity index (χ4v) is 5.40. The monoisotopic (exact) mass is 572 g/mol. The van der Waals surface area contributed by atoms with Crippen LogP contribution in [-0.2, 0) is 14.4 Å². The van der Waals surface area contributed by atoms with Crippen LogP contribution in [0.1, 0.15) is 11.8 Å². The van der Waals surface area contributed by atoms with Gasteiger partial charge in [0.1, 0.15) is 23.5 Å². The zero-order valence-corrected chi connectivity index (χ0v) is 21.8. The van der Waals surface area contributed by atoms with Crippen molar-refractivity contribution in [2.24, 2.45) is 5.92 Å². The maximum Gasteiger partial charge on any atom is 0.266 e. The Kier molecular flexibility index (Phi) is 6.18. The topological polar surface area (TPSA) is 63.0 Å². The predicted octanol–water partition coefficient (Wildman–Crippen LogP) is 7.61. The summed E-state index contributed by atoms with van der Waals surface area (Å²) in [5.74, 6) is -0.912. The van der Waals surface area contributed by atoms with Crippen molar-refractivity contribution < 1.29 is 18.8 Å². The van der Waals surface area contributed by atoms with Crippen LogP contribution in [0.2, 0.25) is 20.1 Å². The van der Waals surface area contributed by atoms with E-state index >= 15 is 0 Å². The SMILES string of the molecule is O=C1[C@@H]2[C@@H](ON(c3ccccc3)[C@H]2c2ccc(-c3cc(Cl)ccc3Cl)o2)C(=O)N1c1ccc(Cl)c(Cl)c1. The molecule has 2 saturated heterocycles. The van der Waals surface area contributed by atoms with Crippen LogP contribution in [0.3, 0.4) is 0 Å². The number of carbonyl (C=O) groups is 2. The first-order chi connectivity index (χ1) is 17.8. The van der Waals surface area contributed by atoms with Gasteiger partial charge in [-0.2, -0.15) is 0 Å². The number of anilines is 2. The van der Waals surface area contributed by atoms with Crippen molar-refractivity contribution in [3.63, 3.8) is 0 Å². The molecule has 0 unspecified atom stereocenters. The molecule has 3 aromatic carbocycles. The number of furan rings is 1. The van der Waals surface area contributed by atoms with Gasteiger partial charge in [0.05, 0.1) is 26.4 Å². The Bertz CT molecular complexity index is 1540. The molecular formula is C27H16Cl4N2O4. The lowest BCUT2D eigenvalue weighted by Crippen LogP contribution is -2.37. The van der Waals surface area contributed by atoms with Crippen LogP contribution in [0.15, 0.2) is 83.3 Å². The lowest BCUT2D eigenvalue weighted by Gasteiger charge is -2.27. The maximum absolute atomic E-state index is 13.8. The Morgan fingerprint density at radius 2 is 1.46 bits per heavy atom. The number of amides is 2. The number of hydrogen-bond donors (Lipinski definition) is 0. The number of carbonyl (C=O) groups excluding carboxylic acids is 2. The number of hydroxylamine groups is 1. The standard InChI is InChI=1S/C27H16Cl4N2O4/c28-14-6-8-18(29)17(12-14)21-10-11-22(36-21)24-23-25(37-33(24)15-4-2-1-3-5-15)27(35)32(26(23)34)16-7-9-19(30)20(31)13-16/h1-13,23-25H/t23-,24-,25+/m0/s1. The molecule has 0 radical (unpaired) electrons. The van der Waals surface area contributed by atoms with Crippen molar-refractivity contribution in [3.05, 3.63) is 105 Å². The molecule has 2 aliphatic heterocycles. The van der Waals surface area contributed by atoms with Crippen molar-refractivity contribution in [1.29, 1.82) is 0 Å². The van der Waals surface area contributed by atoms with Crippen molar-refractivity contribution in [2.75, 3.05) is 9.96 Å². The van der Waals surface area contributed by atoms with Gasteiger partial charge in [-0.15, -0.1) is 0 Å². The van der Waals surface area contributed by atoms with E-state index in [4.69, 9.17) is 55.7 Å². The van der Waals surface area contributed by atoms with Crippen LogP contribution < -0.4 is 9.96 Å². The average Bonchev–Trinajstić information content (AvgIpc) is 3.58. The van der Waals surface area contributed by atoms with Gasteiger partial charge >= 0.3 is 0 Å². The summed E-state index contributed by atoms with van der Waals surface area (Å²) in [6.07, 6.45) is -1.06. The molecule has 0 aliphatic carbocycles. The van der Waals surface area contributed by atoms with Gasteiger partial charge in [-0.25, -0.2) is 9.96 Å². The summed E-state index contributed by atoms with van der Waals surface area (Å²) >= 11 is 24.8. The highest BCUT2D eigenvalue weighted by Gasteiger charge is 2.61. The molecule has 2 fully saturated rings. The third-order valence-corrected chi connectivity index (χ3v) is 7.70. The van der Waals surface area contributed by atoms with Gasteiger partial charge in [0.15, 0.2) is 6.10 Å². The Balaban J connectivity index is 1.43. The molecule has 6 nitrogen and oxygen atoms in total. The van der Waals surface area contributed by atoms with E-state index in [1.165, 1.54) is 12.1 Å². The van der Waals surface area contributed by atoms with Gasteiger partial charge in [0.25, 0.3) is 5.91 Å². The minimum Gasteiger partial charge on any atom is -0.459 e. The first kappa shape index (κ1) is 24.3. The first-order valence-electron chi connectivity index (χ1n) is 11.2. The van der Waals surface area contributed by atoms with Crippen LogP contribution in [-0.4, -0.2) is 17.9 Å². The zero-order valence-electron chi connectivity index (χ0n) is 18.8. The molecule has 2 amide bonds. The highest BCUT2D eigenvalue weighted by atomic mass is 35.5. The third kappa shape index (κ3) is 4.10. The molecule has 2 aliphatic rings. The van der Waals surface area contributed by atoms with E-state index in [1.807, 2.05) is 30.3 Å². The minimum atomic E-state index is -1.06. The molecule has 10 heteroatoms. The molecule has 3 heterocycles. The van der Waals surface area contributed by atoms with Gasteiger partial charge in [0.2, 0.25) is 5.91 Å². The van der Waals surface area contributed by atoms with Crippen LogP contribution >= 0.6 is 46.4 Å². The average molecular weight is 574 g/mol. The number of hydrogen-bond acceptors (Lipinski definition) is 5. The second-order valence-corrected chi connectivity index (χ2v) is 10.3. The van der Waals surface area contributed by atoms with Crippen molar-refractivity contribution in [3.8, 4) is 11.3 Å². The van der Waals surface area contributed by atoms with Crippen LogP contribution in [0.4, 0.5) is 11.4 Å². The molecule has 6 rings (SSSR count). The van der Waals surface area contributed by atoms with Crippen molar-refractivity contribution in [1.82, 2.24) is 0 Å². The molecule has 0 saturated carbocycles. The van der Waals surface area contributed by atoms with E-state index in [-0.39, 0.29) is 5.02 Å². The Hall–Kier alpha value is -3.00. The minimum absolute atomic E-state index is 0.231. The van der Waals surface area contributed by atoms with Gasteiger partial charge in [-0.1, -0.05) is 64.6 Å². The fourth-order valence-electron chi connectivity index (χ4n) is 4.72. The Morgan fingerprint density at radius 3 is 2.22 bits per heavy atom. The number of para-hydroxylation sites is 1. The van der Waals surface area contributed by atoms with Crippen LogP contribution in [0.5, 0.6) is 0 Å². The molecule has 186 valence electrons. The summed E-state index contributed by atoms with van der Waals surface area (Å²) in [4.78, 5) is 34.5. The van der Waals surface area contributed by atoms with Gasteiger partial charge < -0.3 is 4.42 Å². The van der Waals surface area contributed by atoms with E-state index in [1.54, 1.807) is 41.5 Å². The quantitative estimate of drug-likeness (QED) is 0.235. The van der Waals surface area contributed by atoms with Crippen LogP contribution in [0.25, 0.3) is 11.3 Å². The largest absolute Gasteiger partial charge is 0.459 e. The summed E-state index contributed by atoms with van der Waals surface area (Å²) in [6, 6.07) is 21.6. The predicted molar refractivity (Wildman–Crippen MR) is 143 cm³/mol. The lowest BCUT2D eigenvalue weighted by atomic mass is 9.94. The van der Waals surface area contributed by atoms with E-state index in [0.717, 1.165) is 4.90 Å². The summed E-state index contributed by atoms with van der Waals surface area (Å²) in [5.41, 5.74) is 1.59. The number of halogens is 4. The molecule has 0 spiro atoms. The van der Waals surface area contributed by atoms with Gasteiger partial charge in [-0.05, 0) is 60.7 Å². The summed E-state index contributed by atoms with van der Waals surface area (Å²) in [6.45, 7) is 0. The van der Waals surface area contributed by atoms with Gasteiger partial charge in [-0.3, -0.25) is 14.4 Å². The third-order valence-electron chi connectivity index (χ3n) is 6.40.